The normalized spacial score (nSPS) is 25.9. The number of carbonyl (C=O) groups is 1. The maximum atomic E-state index is 11.0. The van der Waals surface area contributed by atoms with E-state index in [2.05, 4.69) is 11.8 Å². The minimum absolute atomic E-state index is 0.403. The Morgan fingerprint density at radius 3 is 2.54 bits per heavy atom. The average molecular weight is 185 g/mol. The van der Waals surface area contributed by atoms with E-state index in [0.29, 0.717) is 6.04 Å². The first-order chi connectivity index (χ1) is 5.96. The van der Waals surface area contributed by atoms with Crippen molar-refractivity contribution in [1.29, 1.82) is 0 Å². The van der Waals surface area contributed by atoms with Gasteiger partial charge in [0.05, 0.1) is 0 Å². The van der Waals surface area contributed by atoms with Gasteiger partial charge in [-0.3, -0.25) is 9.69 Å². The second-order valence-electron chi connectivity index (χ2n) is 4.40. The van der Waals surface area contributed by atoms with Crippen LogP contribution >= 0.6 is 0 Å². The highest BCUT2D eigenvalue weighted by Gasteiger charge is 2.38. The molecule has 1 rings (SSSR count). The number of piperidine rings is 1. The van der Waals surface area contributed by atoms with E-state index >= 15 is 0 Å². The van der Waals surface area contributed by atoms with Crippen molar-refractivity contribution in [2.45, 2.75) is 51.6 Å². The fourth-order valence-corrected chi connectivity index (χ4v) is 2.05. The van der Waals surface area contributed by atoms with E-state index in [9.17, 15) is 4.79 Å². The number of hydrogen-bond donors (Lipinski definition) is 1. The highest BCUT2D eigenvalue weighted by molar-refractivity contribution is 5.77. The predicted molar refractivity (Wildman–Crippen MR) is 51.7 cm³/mol. The van der Waals surface area contributed by atoms with Gasteiger partial charge in [0.1, 0.15) is 5.54 Å². The second-order valence-corrected chi connectivity index (χ2v) is 4.40. The molecule has 0 saturated carbocycles. The van der Waals surface area contributed by atoms with Crippen LogP contribution in [0.5, 0.6) is 0 Å². The lowest BCUT2D eigenvalue weighted by Gasteiger charge is -2.42. The first kappa shape index (κ1) is 10.5. The van der Waals surface area contributed by atoms with Crippen molar-refractivity contribution in [1.82, 2.24) is 4.90 Å². The van der Waals surface area contributed by atoms with E-state index < -0.39 is 11.5 Å². The van der Waals surface area contributed by atoms with Crippen molar-refractivity contribution in [3.05, 3.63) is 0 Å². The van der Waals surface area contributed by atoms with Gasteiger partial charge in [-0.15, -0.1) is 0 Å². The van der Waals surface area contributed by atoms with E-state index in [0.717, 1.165) is 19.4 Å². The third-order valence-corrected chi connectivity index (χ3v) is 3.04. The highest BCUT2D eigenvalue weighted by atomic mass is 16.4. The summed E-state index contributed by atoms with van der Waals surface area (Å²) in [6.45, 7) is 6.61. The molecule has 1 heterocycles. The predicted octanol–water partition coefficient (Wildman–Crippen LogP) is 1.72. The minimum atomic E-state index is -0.721. The molecule has 1 saturated heterocycles. The molecule has 1 N–H and O–H groups in total. The highest BCUT2D eigenvalue weighted by Crippen LogP contribution is 2.25. The zero-order valence-electron chi connectivity index (χ0n) is 8.71. The second kappa shape index (κ2) is 3.66. The molecule has 3 nitrogen and oxygen atoms in total. The van der Waals surface area contributed by atoms with Crippen LogP contribution < -0.4 is 0 Å². The van der Waals surface area contributed by atoms with Crippen molar-refractivity contribution in [3.63, 3.8) is 0 Å². The Hall–Kier alpha value is -0.570. The van der Waals surface area contributed by atoms with Crippen LogP contribution in [0.1, 0.15) is 40.0 Å². The quantitative estimate of drug-likeness (QED) is 0.712. The van der Waals surface area contributed by atoms with Gasteiger partial charge in [-0.05, 0) is 40.2 Å². The molecular formula is C10H19NO2. The number of nitrogens with zero attached hydrogens (tertiary/aromatic N) is 1. The zero-order valence-corrected chi connectivity index (χ0v) is 8.71. The summed E-state index contributed by atoms with van der Waals surface area (Å²) in [6, 6.07) is 0.403. The lowest BCUT2D eigenvalue weighted by Crippen LogP contribution is -2.55. The molecule has 13 heavy (non-hydrogen) atoms. The van der Waals surface area contributed by atoms with Gasteiger partial charge in [0.15, 0.2) is 0 Å². The molecule has 3 heteroatoms. The SMILES string of the molecule is C[C@@H]1CCCCN1C(C)(C)C(=O)O. The van der Waals surface area contributed by atoms with Crippen molar-refractivity contribution in [2.75, 3.05) is 6.54 Å². The number of hydrogen-bond acceptors (Lipinski definition) is 2. The van der Waals surface area contributed by atoms with E-state index in [4.69, 9.17) is 5.11 Å². The van der Waals surface area contributed by atoms with Gasteiger partial charge in [0.2, 0.25) is 0 Å². The van der Waals surface area contributed by atoms with Gasteiger partial charge in [0, 0.05) is 6.04 Å². The third kappa shape index (κ3) is 2.02. The Morgan fingerprint density at radius 1 is 1.46 bits per heavy atom. The van der Waals surface area contributed by atoms with Crippen LogP contribution in [0.4, 0.5) is 0 Å². The first-order valence-electron chi connectivity index (χ1n) is 4.96. The summed E-state index contributed by atoms with van der Waals surface area (Å²) in [5.74, 6) is -0.721. The Bertz CT molecular complexity index is 201. The molecule has 0 aromatic heterocycles. The van der Waals surface area contributed by atoms with Crippen LogP contribution in [0.3, 0.4) is 0 Å². The van der Waals surface area contributed by atoms with Crippen LogP contribution in [0.25, 0.3) is 0 Å². The summed E-state index contributed by atoms with van der Waals surface area (Å²) >= 11 is 0. The van der Waals surface area contributed by atoms with Gasteiger partial charge in [-0.25, -0.2) is 0 Å². The number of carboxylic acid groups (broad SMARTS) is 1. The lowest BCUT2D eigenvalue weighted by molar-refractivity contribution is -0.151. The Morgan fingerprint density at radius 2 is 2.08 bits per heavy atom. The van der Waals surface area contributed by atoms with Gasteiger partial charge >= 0.3 is 5.97 Å². The summed E-state index contributed by atoms with van der Waals surface area (Å²) in [5, 5.41) is 9.07. The summed E-state index contributed by atoms with van der Waals surface area (Å²) in [6.07, 6.45) is 3.48. The average Bonchev–Trinajstić information content (AvgIpc) is 2.04. The molecule has 0 amide bonds. The molecule has 76 valence electrons. The summed E-state index contributed by atoms with van der Waals surface area (Å²) < 4.78 is 0. The molecule has 0 aromatic carbocycles. The molecule has 1 aliphatic rings. The molecule has 1 fully saturated rings. The topological polar surface area (TPSA) is 40.5 Å². The smallest absolute Gasteiger partial charge is 0.323 e. The Balaban J connectivity index is 2.73. The van der Waals surface area contributed by atoms with Crippen LogP contribution in [0.15, 0.2) is 0 Å². The molecule has 0 radical (unpaired) electrons. The minimum Gasteiger partial charge on any atom is -0.480 e. The van der Waals surface area contributed by atoms with Gasteiger partial charge < -0.3 is 5.11 Å². The van der Waals surface area contributed by atoms with Gasteiger partial charge in [-0.2, -0.15) is 0 Å². The number of likely N-dealkylation sites (tertiary alicyclic amines) is 1. The zero-order chi connectivity index (χ0) is 10.1. The summed E-state index contributed by atoms with van der Waals surface area (Å²) in [4.78, 5) is 13.1. The van der Waals surface area contributed by atoms with Crippen LogP contribution in [-0.2, 0) is 4.79 Å². The standard InChI is InChI=1S/C10H19NO2/c1-8-6-4-5-7-11(8)10(2,3)9(12)13/h8H,4-7H2,1-3H3,(H,12,13)/t8-/m1/s1. The van der Waals surface area contributed by atoms with E-state index in [1.165, 1.54) is 6.42 Å². The Kier molecular flexibility index (Phi) is 2.96. The number of rotatable bonds is 2. The fraction of sp³-hybridized carbons (Fsp3) is 0.900. The first-order valence-corrected chi connectivity index (χ1v) is 4.96. The van der Waals surface area contributed by atoms with Crippen LogP contribution in [0, 0.1) is 0 Å². The van der Waals surface area contributed by atoms with E-state index in [1.54, 1.807) is 13.8 Å². The van der Waals surface area contributed by atoms with Gasteiger partial charge in [0.25, 0.3) is 0 Å². The maximum Gasteiger partial charge on any atom is 0.323 e. The van der Waals surface area contributed by atoms with Gasteiger partial charge in [-0.1, -0.05) is 6.42 Å². The summed E-state index contributed by atoms with van der Waals surface area (Å²) in [5.41, 5.74) is -0.708. The van der Waals surface area contributed by atoms with Crippen molar-refractivity contribution >= 4 is 5.97 Å². The van der Waals surface area contributed by atoms with E-state index in [-0.39, 0.29) is 0 Å². The lowest BCUT2D eigenvalue weighted by atomic mass is 9.94. The van der Waals surface area contributed by atoms with Crippen molar-refractivity contribution < 1.29 is 9.90 Å². The third-order valence-electron chi connectivity index (χ3n) is 3.04. The van der Waals surface area contributed by atoms with Crippen LogP contribution in [0.2, 0.25) is 0 Å². The molecule has 0 bridgehead atoms. The molecule has 0 unspecified atom stereocenters. The molecule has 0 aromatic rings. The molecule has 1 aliphatic heterocycles. The van der Waals surface area contributed by atoms with Crippen molar-refractivity contribution in [2.24, 2.45) is 0 Å². The molecule has 0 spiro atoms. The number of aliphatic carboxylic acids is 1. The Labute approximate surface area is 79.7 Å². The van der Waals surface area contributed by atoms with Crippen LogP contribution in [-0.4, -0.2) is 34.1 Å². The fourth-order valence-electron chi connectivity index (χ4n) is 2.05. The molecule has 0 aliphatic carbocycles. The molecular weight excluding hydrogens is 166 g/mol. The number of carboxylic acids is 1. The van der Waals surface area contributed by atoms with Crippen molar-refractivity contribution in [3.8, 4) is 0 Å². The van der Waals surface area contributed by atoms with E-state index in [1.807, 2.05) is 0 Å². The monoisotopic (exact) mass is 185 g/mol. The molecule has 1 atom stereocenters. The largest absolute Gasteiger partial charge is 0.480 e. The maximum absolute atomic E-state index is 11.0. The summed E-state index contributed by atoms with van der Waals surface area (Å²) in [7, 11) is 0.